The van der Waals surface area contributed by atoms with Crippen LogP contribution in [-0.2, 0) is 0 Å². The first kappa shape index (κ1) is 27.9. The van der Waals surface area contributed by atoms with E-state index in [9.17, 15) is 0 Å². The normalized spacial score (nSPS) is 18.6. The van der Waals surface area contributed by atoms with Gasteiger partial charge in [-0.25, -0.2) is 0 Å². The van der Waals surface area contributed by atoms with Crippen LogP contribution in [0.15, 0.2) is 0 Å². The first-order valence-corrected chi connectivity index (χ1v) is 11.8. The maximum Gasteiger partial charge on any atom is 0.0173 e. The Balaban J connectivity index is 5.37. The highest BCUT2D eigenvalue weighted by atomic mass is 15.1. The second kappa shape index (κ2) is 9.38. The monoisotopic (exact) mass is 396 g/mol. The van der Waals surface area contributed by atoms with Gasteiger partial charge in [0, 0.05) is 22.2 Å². The molecule has 2 nitrogen and oxygen atoms in total. The molecule has 170 valence electrons. The van der Waals surface area contributed by atoms with Crippen LogP contribution >= 0.6 is 0 Å². The molecule has 0 rings (SSSR count). The molecule has 0 fully saturated rings. The van der Waals surface area contributed by atoms with Gasteiger partial charge in [0.1, 0.15) is 0 Å². The number of nitrogens with one attached hydrogen (secondary N) is 2. The Kier molecular flexibility index (Phi) is 9.35. The Morgan fingerprint density at radius 1 is 0.464 bits per heavy atom. The van der Waals surface area contributed by atoms with Crippen molar-refractivity contribution in [2.24, 2.45) is 10.8 Å². The SMILES string of the molecule is CCC(C)(C)CC(C)(C)NC(C)(CC)CC(C)(C)NC(C)(CC)CC(C)(C)C. The summed E-state index contributed by atoms with van der Waals surface area (Å²) in [5.74, 6) is 0. The average Bonchev–Trinajstić information content (AvgIpc) is 2.41. The lowest BCUT2D eigenvalue weighted by Gasteiger charge is -2.49. The van der Waals surface area contributed by atoms with E-state index in [1.807, 2.05) is 0 Å². The molecule has 0 aliphatic carbocycles. The molecule has 0 aromatic heterocycles. The molecular formula is C26H56N2. The number of hydrogen-bond donors (Lipinski definition) is 2. The molecular weight excluding hydrogens is 340 g/mol. The third-order valence-corrected chi connectivity index (χ3v) is 6.47. The molecule has 0 radical (unpaired) electrons. The largest absolute Gasteiger partial charge is 0.307 e. The van der Waals surface area contributed by atoms with Crippen molar-refractivity contribution in [3.63, 3.8) is 0 Å². The molecule has 2 N–H and O–H groups in total. The fourth-order valence-corrected chi connectivity index (χ4v) is 5.70. The quantitative estimate of drug-likeness (QED) is 0.353. The summed E-state index contributed by atoms with van der Waals surface area (Å²) in [6, 6.07) is 0. The maximum atomic E-state index is 4.08. The zero-order valence-corrected chi connectivity index (χ0v) is 22.2. The van der Waals surface area contributed by atoms with Crippen LogP contribution < -0.4 is 10.6 Å². The topological polar surface area (TPSA) is 24.1 Å². The van der Waals surface area contributed by atoms with Crippen molar-refractivity contribution in [2.75, 3.05) is 0 Å². The predicted octanol–water partition coefficient (Wildman–Crippen LogP) is 7.71. The summed E-state index contributed by atoms with van der Waals surface area (Å²) in [6.45, 7) is 33.2. The smallest absolute Gasteiger partial charge is 0.0173 e. The van der Waals surface area contributed by atoms with Crippen LogP contribution in [0.5, 0.6) is 0 Å². The number of rotatable bonds is 12. The van der Waals surface area contributed by atoms with E-state index in [4.69, 9.17) is 0 Å². The Hall–Kier alpha value is -0.0800. The minimum Gasteiger partial charge on any atom is -0.307 e. The van der Waals surface area contributed by atoms with Crippen LogP contribution in [0.1, 0.15) is 135 Å². The molecule has 0 aliphatic heterocycles. The minimum atomic E-state index is 0.0735. The summed E-state index contributed by atoms with van der Waals surface area (Å²) in [7, 11) is 0. The van der Waals surface area contributed by atoms with Gasteiger partial charge in [-0.05, 0) is 84.5 Å². The molecule has 0 saturated carbocycles. The lowest BCUT2D eigenvalue weighted by atomic mass is 9.74. The summed E-state index contributed by atoms with van der Waals surface area (Å²) in [5.41, 5.74) is 1.17. The molecule has 28 heavy (non-hydrogen) atoms. The van der Waals surface area contributed by atoms with Gasteiger partial charge in [0.25, 0.3) is 0 Å². The molecule has 2 atom stereocenters. The summed E-state index contributed by atoms with van der Waals surface area (Å²) >= 11 is 0. The van der Waals surface area contributed by atoms with Crippen molar-refractivity contribution in [3.05, 3.63) is 0 Å². The van der Waals surface area contributed by atoms with Crippen molar-refractivity contribution in [1.29, 1.82) is 0 Å². The Bertz CT molecular complexity index is 469. The van der Waals surface area contributed by atoms with Crippen LogP contribution in [0.3, 0.4) is 0 Å². The van der Waals surface area contributed by atoms with Crippen LogP contribution in [0.2, 0.25) is 0 Å². The highest BCUT2D eigenvalue weighted by molar-refractivity contribution is 5.01. The minimum absolute atomic E-state index is 0.0735. The maximum absolute atomic E-state index is 4.08. The van der Waals surface area contributed by atoms with Crippen LogP contribution in [-0.4, -0.2) is 22.2 Å². The van der Waals surface area contributed by atoms with E-state index < -0.39 is 0 Å². The van der Waals surface area contributed by atoms with Gasteiger partial charge in [0.15, 0.2) is 0 Å². The van der Waals surface area contributed by atoms with Gasteiger partial charge in [-0.2, -0.15) is 0 Å². The van der Waals surface area contributed by atoms with Crippen molar-refractivity contribution < 1.29 is 0 Å². The summed E-state index contributed by atoms with van der Waals surface area (Å²) in [6.07, 6.45) is 7.00. The lowest BCUT2D eigenvalue weighted by Crippen LogP contribution is -2.62. The third-order valence-electron chi connectivity index (χ3n) is 6.47. The molecule has 0 aliphatic rings. The van der Waals surface area contributed by atoms with E-state index in [2.05, 4.69) is 108 Å². The van der Waals surface area contributed by atoms with Crippen LogP contribution in [0.4, 0.5) is 0 Å². The van der Waals surface area contributed by atoms with E-state index in [1.165, 1.54) is 19.3 Å². The van der Waals surface area contributed by atoms with Crippen molar-refractivity contribution in [1.82, 2.24) is 10.6 Å². The van der Waals surface area contributed by atoms with Gasteiger partial charge < -0.3 is 10.6 Å². The second-order valence-electron chi connectivity index (χ2n) is 13.5. The van der Waals surface area contributed by atoms with E-state index in [1.54, 1.807) is 0 Å². The van der Waals surface area contributed by atoms with Crippen LogP contribution in [0, 0.1) is 10.8 Å². The zero-order chi connectivity index (χ0) is 22.7. The second-order valence-corrected chi connectivity index (χ2v) is 13.5. The van der Waals surface area contributed by atoms with Crippen molar-refractivity contribution in [2.45, 2.75) is 158 Å². The first-order chi connectivity index (χ1) is 12.2. The summed E-state index contributed by atoms with van der Waals surface area (Å²) < 4.78 is 0. The Labute approximate surface area is 179 Å². The molecule has 0 aromatic carbocycles. The van der Waals surface area contributed by atoms with E-state index in [0.29, 0.717) is 10.8 Å². The molecule has 2 unspecified atom stereocenters. The highest BCUT2D eigenvalue weighted by Crippen LogP contribution is 2.36. The van der Waals surface area contributed by atoms with Crippen molar-refractivity contribution >= 4 is 0 Å². The highest BCUT2D eigenvalue weighted by Gasteiger charge is 2.40. The summed E-state index contributed by atoms with van der Waals surface area (Å²) in [4.78, 5) is 0. The van der Waals surface area contributed by atoms with Crippen molar-refractivity contribution in [3.8, 4) is 0 Å². The first-order valence-electron chi connectivity index (χ1n) is 11.8. The van der Waals surface area contributed by atoms with Gasteiger partial charge in [-0.1, -0.05) is 61.8 Å². The Morgan fingerprint density at radius 2 is 0.821 bits per heavy atom. The molecule has 0 aromatic rings. The number of hydrogen-bond acceptors (Lipinski definition) is 2. The zero-order valence-electron chi connectivity index (χ0n) is 22.2. The average molecular weight is 397 g/mol. The van der Waals surface area contributed by atoms with Gasteiger partial charge >= 0.3 is 0 Å². The molecule has 0 bridgehead atoms. The third kappa shape index (κ3) is 10.6. The van der Waals surface area contributed by atoms with Gasteiger partial charge in [0.05, 0.1) is 0 Å². The Morgan fingerprint density at radius 3 is 1.14 bits per heavy atom. The standard InChI is InChI=1S/C26H56N2/c1-15-22(7,8)19-23(9,10)27-26(14,17-3)20-24(11,12)28-25(13,16-2)18-21(4,5)6/h27-28H,15-20H2,1-14H3. The van der Waals surface area contributed by atoms with Gasteiger partial charge in [-0.15, -0.1) is 0 Å². The summed E-state index contributed by atoms with van der Waals surface area (Å²) in [5, 5.41) is 8.15. The van der Waals surface area contributed by atoms with Gasteiger partial charge in [0.2, 0.25) is 0 Å². The molecule has 0 amide bonds. The fraction of sp³-hybridized carbons (Fsp3) is 1.00. The van der Waals surface area contributed by atoms with E-state index in [0.717, 1.165) is 19.3 Å². The molecule has 0 spiro atoms. The lowest BCUT2D eigenvalue weighted by molar-refractivity contribution is 0.111. The molecule has 2 heteroatoms. The van der Waals surface area contributed by atoms with Crippen LogP contribution in [0.25, 0.3) is 0 Å². The molecule has 0 saturated heterocycles. The molecule has 0 heterocycles. The van der Waals surface area contributed by atoms with Gasteiger partial charge in [-0.3, -0.25) is 0 Å². The predicted molar refractivity (Wildman–Crippen MR) is 129 cm³/mol. The fourth-order valence-electron chi connectivity index (χ4n) is 5.70. The van der Waals surface area contributed by atoms with E-state index in [-0.39, 0.29) is 22.2 Å². The van der Waals surface area contributed by atoms with E-state index >= 15 is 0 Å².